The third-order valence-corrected chi connectivity index (χ3v) is 4.98. The minimum absolute atomic E-state index is 0.0421. The number of aromatic nitrogens is 2. The van der Waals surface area contributed by atoms with Crippen molar-refractivity contribution in [2.75, 3.05) is 19.6 Å². The molecular formula is C16H20N4O. The first-order chi connectivity index (χ1) is 10.2. The van der Waals surface area contributed by atoms with Crippen molar-refractivity contribution in [3.05, 3.63) is 30.2 Å². The highest BCUT2D eigenvalue weighted by atomic mass is 16.1. The Morgan fingerprint density at radius 3 is 2.90 bits per heavy atom. The number of carbonyl (C=O) groups is 1. The first kappa shape index (κ1) is 12.8. The molecule has 0 saturated carbocycles. The summed E-state index contributed by atoms with van der Waals surface area (Å²) in [6.45, 7) is 3.36. The number of piperidine rings is 3. The number of aryl methyl sites for hydroxylation is 1. The number of hydrogen-bond acceptors (Lipinski definition) is 3. The summed E-state index contributed by atoms with van der Waals surface area (Å²) in [4.78, 5) is 19.2. The van der Waals surface area contributed by atoms with E-state index >= 15 is 0 Å². The van der Waals surface area contributed by atoms with Crippen LogP contribution in [0, 0.1) is 5.92 Å². The Bertz CT molecular complexity index is 685. The topological polar surface area (TPSA) is 50.2 Å². The van der Waals surface area contributed by atoms with Gasteiger partial charge in [0, 0.05) is 31.2 Å². The summed E-state index contributed by atoms with van der Waals surface area (Å²) in [5, 5.41) is 4.25. The van der Waals surface area contributed by atoms with Crippen molar-refractivity contribution in [2.24, 2.45) is 13.0 Å². The highest BCUT2D eigenvalue weighted by molar-refractivity contribution is 5.96. The quantitative estimate of drug-likeness (QED) is 0.907. The van der Waals surface area contributed by atoms with E-state index in [2.05, 4.69) is 15.2 Å². The number of fused-ring (bicyclic) bond motifs is 4. The number of amides is 1. The molecule has 2 aromatic rings. The van der Waals surface area contributed by atoms with Crippen molar-refractivity contribution in [1.29, 1.82) is 0 Å². The molecule has 0 unspecified atom stereocenters. The molecule has 110 valence electrons. The molecule has 21 heavy (non-hydrogen) atoms. The van der Waals surface area contributed by atoms with Crippen LogP contribution in [0.2, 0.25) is 0 Å². The van der Waals surface area contributed by atoms with E-state index in [1.165, 1.54) is 25.9 Å². The van der Waals surface area contributed by atoms with Crippen LogP contribution < -0.4 is 5.32 Å². The molecule has 3 fully saturated rings. The Morgan fingerprint density at radius 1 is 1.38 bits per heavy atom. The molecule has 2 bridgehead atoms. The molecule has 5 heteroatoms. The molecule has 0 aromatic carbocycles. The molecule has 5 nitrogen and oxygen atoms in total. The predicted molar refractivity (Wildman–Crippen MR) is 81.1 cm³/mol. The molecule has 1 amide bonds. The van der Waals surface area contributed by atoms with Crippen molar-refractivity contribution in [2.45, 2.75) is 18.9 Å². The lowest BCUT2D eigenvalue weighted by Crippen LogP contribution is -2.57. The van der Waals surface area contributed by atoms with E-state index in [0.29, 0.717) is 11.6 Å². The molecule has 0 radical (unpaired) electrons. The van der Waals surface area contributed by atoms with Crippen LogP contribution in [0.4, 0.5) is 0 Å². The highest BCUT2D eigenvalue weighted by Gasteiger charge is 2.35. The lowest BCUT2D eigenvalue weighted by atomic mass is 9.84. The van der Waals surface area contributed by atoms with Gasteiger partial charge in [-0.25, -0.2) is 4.98 Å². The molecule has 2 aromatic heterocycles. The third-order valence-electron chi connectivity index (χ3n) is 4.98. The van der Waals surface area contributed by atoms with Crippen molar-refractivity contribution in [3.8, 4) is 0 Å². The smallest absolute Gasteiger partial charge is 0.270 e. The van der Waals surface area contributed by atoms with Gasteiger partial charge in [0.2, 0.25) is 0 Å². The van der Waals surface area contributed by atoms with E-state index in [-0.39, 0.29) is 11.9 Å². The summed E-state index contributed by atoms with van der Waals surface area (Å²) in [6, 6.07) is 4.18. The first-order valence-corrected chi connectivity index (χ1v) is 7.65. The second-order valence-electron chi connectivity index (χ2n) is 6.27. The van der Waals surface area contributed by atoms with Crippen LogP contribution in [0.1, 0.15) is 23.3 Å². The zero-order chi connectivity index (χ0) is 14.4. The average molecular weight is 284 g/mol. The molecule has 1 atom stereocenters. The molecule has 5 heterocycles. The van der Waals surface area contributed by atoms with Gasteiger partial charge in [-0.2, -0.15) is 0 Å². The monoisotopic (exact) mass is 284 g/mol. The molecule has 1 N–H and O–H groups in total. The fourth-order valence-electron chi connectivity index (χ4n) is 3.66. The number of nitrogens with one attached hydrogen (secondary N) is 1. The summed E-state index contributed by atoms with van der Waals surface area (Å²) in [5.74, 6) is 0.596. The Hall–Kier alpha value is -1.88. The summed E-state index contributed by atoms with van der Waals surface area (Å²) < 4.78 is 2.01. The highest BCUT2D eigenvalue weighted by Crippen LogP contribution is 2.27. The number of nitrogens with zero attached hydrogens (tertiary/aromatic N) is 3. The van der Waals surface area contributed by atoms with E-state index < -0.39 is 0 Å². The molecule has 0 spiro atoms. The van der Waals surface area contributed by atoms with Gasteiger partial charge in [-0.3, -0.25) is 4.79 Å². The number of carbonyl (C=O) groups excluding carboxylic acids is 1. The van der Waals surface area contributed by atoms with Gasteiger partial charge >= 0.3 is 0 Å². The van der Waals surface area contributed by atoms with Gasteiger partial charge in [0.05, 0.1) is 11.7 Å². The zero-order valence-electron chi connectivity index (χ0n) is 12.2. The largest absolute Gasteiger partial charge is 0.349 e. The molecule has 3 aliphatic heterocycles. The van der Waals surface area contributed by atoms with E-state index in [1.54, 1.807) is 6.20 Å². The van der Waals surface area contributed by atoms with Crippen LogP contribution in [0.5, 0.6) is 0 Å². The van der Waals surface area contributed by atoms with Crippen molar-refractivity contribution < 1.29 is 4.79 Å². The maximum absolute atomic E-state index is 12.4. The molecule has 3 aliphatic rings. The average Bonchev–Trinajstić information content (AvgIpc) is 2.89. The van der Waals surface area contributed by atoms with Gasteiger partial charge in [0.1, 0.15) is 5.69 Å². The molecule has 5 rings (SSSR count). The van der Waals surface area contributed by atoms with Crippen LogP contribution in [0.3, 0.4) is 0 Å². The van der Waals surface area contributed by atoms with Gasteiger partial charge in [-0.1, -0.05) is 0 Å². The van der Waals surface area contributed by atoms with E-state index in [1.807, 2.05) is 29.9 Å². The lowest BCUT2D eigenvalue weighted by Gasteiger charge is -2.44. The van der Waals surface area contributed by atoms with Crippen molar-refractivity contribution in [3.63, 3.8) is 0 Å². The predicted octanol–water partition coefficient (Wildman–Crippen LogP) is 1.40. The summed E-state index contributed by atoms with van der Waals surface area (Å²) in [7, 11) is 1.98. The Morgan fingerprint density at radius 2 is 2.19 bits per heavy atom. The van der Waals surface area contributed by atoms with E-state index in [9.17, 15) is 4.79 Å². The first-order valence-electron chi connectivity index (χ1n) is 7.65. The maximum atomic E-state index is 12.4. The second-order valence-corrected chi connectivity index (χ2v) is 6.27. The van der Waals surface area contributed by atoms with Crippen LogP contribution in [0.15, 0.2) is 24.5 Å². The standard InChI is InChI=1S/C16H20N4O/c1-19-5-2-12-8-13(17-9-15(12)19)16(21)18-14-10-20-6-3-11(14)4-7-20/h2,5,8-9,11,14H,3-4,6-7,10H2,1H3,(H,18,21)/t14-/m1/s1. The SMILES string of the molecule is Cn1ccc2cc(C(=O)N[C@@H]3CN4CCC3CC4)ncc21. The number of pyridine rings is 1. The van der Waals surface area contributed by atoms with Crippen LogP contribution in [0.25, 0.3) is 10.9 Å². The second kappa shape index (κ2) is 4.84. The number of rotatable bonds is 2. The fraction of sp³-hybridized carbons (Fsp3) is 0.500. The summed E-state index contributed by atoms with van der Waals surface area (Å²) in [6.07, 6.45) is 6.17. The van der Waals surface area contributed by atoms with Crippen LogP contribution in [-0.2, 0) is 7.05 Å². The van der Waals surface area contributed by atoms with Crippen LogP contribution in [-0.4, -0.2) is 46.0 Å². The fourth-order valence-corrected chi connectivity index (χ4v) is 3.66. The van der Waals surface area contributed by atoms with Gasteiger partial charge < -0.3 is 14.8 Å². The molecular weight excluding hydrogens is 264 g/mol. The van der Waals surface area contributed by atoms with E-state index in [0.717, 1.165) is 17.4 Å². The zero-order valence-corrected chi connectivity index (χ0v) is 12.2. The van der Waals surface area contributed by atoms with Crippen LogP contribution >= 0.6 is 0 Å². The Labute approximate surface area is 123 Å². The Kier molecular flexibility index (Phi) is 2.96. The van der Waals surface area contributed by atoms with Gasteiger partial charge in [-0.15, -0.1) is 0 Å². The summed E-state index contributed by atoms with van der Waals surface area (Å²) >= 11 is 0. The maximum Gasteiger partial charge on any atom is 0.270 e. The Balaban J connectivity index is 1.53. The number of hydrogen-bond donors (Lipinski definition) is 1. The van der Waals surface area contributed by atoms with Gasteiger partial charge in [0.15, 0.2) is 0 Å². The molecule has 0 aliphatic carbocycles. The van der Waals surface area contributed by atoms with E-state index in [4.69, 9.17) is 0 Å². The lowest BCUT2D eigenvalue weighted by molar-refractivity contribution is 0.0618. The van der Waals surface area contributed by atoms with Crippen molar-refractivity contribution in [1.82, 2.24) is 19.8 Å². The van der Waals surface area contributed by atoms with Gasteiger partial charge in [0.25, 0.3) is 5.91 Å². The minimum atomic E-state index is -0.0421. The van der Waals surface area contributed by atoms with Gasteiger partial charge in [-0.05, 0) is 44.0 Å². The normalized spacial score (nSPS) is 28.0. The van der Waals surface area contributed by atoms with Crippen molar-refractivity contribution >= 4 is 16.8 Å². The molecule has 3 saturated heterocycles. The summed E-state index contributed by atoms with van der Waals surface area (Å²) in [5.41, 5.74) is 1.57. The minimum Gasteiger partial charge on any atom is -0.349 e. The third kappa shape index (κ3) is 2.21.